The zero-order valence-electron chi connectivity index (χ0n) is 12.6. The summed E-state index contributed by atoms with van der Waals surface area (Å²) in [4.78, 5) is 30.9. The third-order valence-corrected chi connectivity index (χ3v) is 3.70. The molecule has 0 aliphatic rings. The molecule has 6 heteroatoms. The second kappa shape index (κ2) is 5.11. The summed E-state index contributed by atoms with van der Waals surface area (Å²) in [5, 5.41) is 0.512. The Morgan fingerprint density at radius 2 is 1.75 bits per heavy atom. The van der Waals surface area contributed by atoms with Crippen LogP contribution in [0.15, 0.2) is 15.8 Å². The van der Waals surface area contributed by atoms with Crippen LogP contribution in [0.3, 0.4) is 0 Å². The minimum Gasteiger partial charge on any atom is -0.371 e. The Kier molecular flexibility index (Phi) is 3.65. The molecule has 0 radical (unpaired) electrons. The molecule has 20 heavy (non-hydrogen) atoms. The Bertz CT molecular complexity index is 769. The molecule has 0 saturated carbocycles. The first kappa shape index (κ1) is 14.3. The first-order chi connectivity index (χ1) is 9.43. The summed E-state index contributed by atoms with van der Waals surface area (Å²) in [6, 6.07) is 0. The Morgan fingerprint density at radius 3 is 2.30 bits per heavy atom. The van der Waals surface area contributed by atoms with E-state index in [9.17, 15) is 9.59 Å². The zero-order chi connectivity index (χ0) is 15.0. The third-order valence-electron chi connectivity index (χ3n) is 3.70. The summed E-state index contributed by atoms with van der Waals surface area (Å²) in [5.74, 6) is 0. The SMILES string of the molecule is CCN(CC)c1c(C)cnc2c1c(=O)n(C)c(=O)n2C. The van der Waals surface area contributed by atoms with Gasteiger partial charge < -0.3 is 4.90 Å². The summed E-state index contributed by atoms with van der Waals surface area (Å²) in [6.45, 7) is 7.61. The van der Waals surface area contributed by atoms with Gasteiger partial charge in [0, 0.05) is 33.4 Å². The van der Waals surface area contributed by atoms with Crippen LogP contribution in [0, 0.1) is 6.92 Å². The lowest BCUT2D eigenvalue weighted by molar-refractivity contribution is 0.706. The molecule has 0 N–H and O–H groups in total. The topological polar surface area (TPSA) is 60.1 Å². The van der Waals surface area contributed by atoms with Crippen LogP contribution in [-0.2, 0) is 14.1 Å². The number of hydrogen-bond acceptors (Lipinski definition) is 4. The van der Waals surface area contributed by atoms with Gasteiger partial charge in [0.15, 0.2) is 5.65 Å². The van der Waals surface area contributed by atoms with Crippen molar-refractivity contribution in [3.05, 3.63) is 32.6 Å². The van der Waals surface area contributed by atoms with E-state index in [4.69, 9.17) is 0 Å². The van der Waals surface area contributed by atoms with Gasteiger partial charge >= 0.3 is 5.69 Å². The molecule has 2 aromatic rings. The van der Waals surface area contributed by atoms with Crippen molar-refractivity contribution in [2.24, 2.45) is 14.1 Å². The van der Waals surface area contributed by atoms with Crippen molar-refractivity contribution in [1.29, 1.82) is 0 Å². The molecule has 0 amide bonds. The number of aromatic nitrogens is 3. The van der Waals surface area contributed by atoms with Crippen molar-refractivity contribution >= 4 is 16.7 Å². The largest absolute Gasteiger partial charge is 0.371 e. The summed E-state index contributed by atoms with van der Waals surface area (Å²) in [5.41, 5.74) is 1.60. The molecule has 0 saturated heterocycles. The Labute approximate surface area is 117 Å². The highest BCUT2D eigenvalue weighted by molar-refractivity contribution is 5.90. The van der Waals surface area contributed by atoms with E-state index in [1.807, 2.05) is 20.8 Å². The van der Waals surface area contributed by atoms with E-state index in [-0.39, 0.29) is 11.2 Å². The van der Waals surface area contributed by atoms with Gasteiger partial charge in [-0.05, 0) is 26.3 Å². The molecule has 0 atom stereocenters. The quantitative estimate of drug-likeness (QED) is 0.831. The van der Waals surface area contributed by atoms with Crippen molar-refractivity contribution in [1.82, 2.24) is 14.1 Å². The van der Waals surface area contributed by atoms with E-state index in [2.05, 4.69) is 9.88 Å². The number of aryl methyl sites for hydroxylation is 2. The highest BCUT2D eigenvalue weighted by atomic mass is 16.2. The van der Waals surface area contributed by atoms with Gasteiger partial charge in [-0.1, -0.05) is 0 Å². The molecule has 2 rings (SSSR count). The van der Waals surface area contributed by atoms with Gasteiger partial charge in [0.2, 0.25) is 0 Å². The maximum atomic E-state index is 12.5. The molecule has 6 nitrogen and oxygen atoms in total. The van der Waals surface area contributed by atoms with Crippen LogP contribution in [0.1, 0.15) is 19.4 Å². The average Bonchev–Trinajstić information content (AvgIpc) is 2.45. The molecule has 0 unspecified atom stereocenters. The molecular weight excluding hydrogens is 256 g/mol. The van der Waals surface area contributed by atoms with Crippen molar-refractivity contribution in [3.8, 4) is 0 Å². The molecule has 108 valence electrons. The van der Waals surface area contributed by atoms with Crippen LogP contribution in [-0.4, -0.2) is 27.2 Å². The molecule has 0 aliphatic carbocycles. The average molecular weight is 276 g/mol. The smallest absolute Gasteiger partial charge is 0.332 e. The van der Waals surface area contributed by atoms with Crippen molar-refractivity contribution < 1.29 is 0 Å². The molecular formula is C14H20N4O2. The number of hydrogen-bond donors (Lipinski definition) is 0. The van der Waals surface area contributed by atoms with Gasteiger partial charge in [-0.15, -0.1) is 0 Å². The van der Waals surface area contributed by atoms with Gasteiger partial charge in [-0.25, -0.2) is 9.78 Å². The van der Waals surface area contributed by atoms with Crippen molar-refractivity contribution in [3.63, 3.8) is 0 Å². The highest BCUT2D eigenvalue weighted by Gasteiger charge is 2.18. The molecule has 2 aromatic heterocycles. The molecule has 0 bridgehead atoms. The van der Waals surface area contributed by atoms with E-state index in [0.29, 0.717) is 11.0 Å². The van der Waals surface area contributed by atoms with E-state index in [1.165, 1.54) is 11.6 Å². The monoisotopic (exact) mass is 276 g/mol. The third kappa shape index (κ3) is 1.92. The van der Waals surface area contributed by atoms with Crippen molar-refractivity contribution in [2.45, 2.75) is 20.8 Å². The molecule has 0 aromatic carbocycles. The Morgan fingerprint density at radius 1 is 1.15 bits per heavy atom. The van der Waals surface area contributed by atoms with E-state index in [0.717, 1.165) is 28.9 Å². The second-order valence-corrected chi connectivity index (χ2v) is 4.87. The van der Waals surface area contributed by atoms with Gasteiger partial charge in [0.1, 0.15) is 5.39 Å². The maximum absolute atomic E-state index is 12.5. The maximum Gasteiger partial charge on any atom is 0.332 e. The van der Waals surface area contributed by atoms with Crippen molar-refractivity contribution in [2.75, 3.05) is 18.0 Å². The van der Waals surface area contributed by atoms with Gasteiger partial charge in [-0.3, -0.25) is 13.9 Å². The summed E-state index contributed by atoms with van der Waals surface area (Å²) in [7, 11) is 3.14. The predicted octanol–water partition coefficient (Wildman–Crippen LogP) is 0.787. The summed E-state index contributed by atoms with van der Waals surface area (Å²) >= 11 is 0. The molecule has 0 aliphatic heterocycles. The normalized spacial score (nSPS) is 11.1. The van der Waals surface area contributed by atoms with Gasteiger partial charge in [0.25, 0.3) is 5.56 Å². The summed E-state index contributed by atoms with van der Waals surface area (Å²) in [6.07, 6.45) is 1.72. The minimum absolute atomic E-state index is 0.291. The van der Waals surface area contributed by atoms with E-state index in [1.54, 1.807) is 13.2 Å². The van der Waals surface area contributed by atoms with E-state index < -0.39 is 0 Å². The summed E-state index contributed by atoms with van der Waals surface area (Å²) < 4.78 is 2.56. The number of rotatable bonds is 3. The number of anilines is 1. The standard InChI is InChI=1S/C14H20N4O2/c1-6-18(7-2)11-9(3)8-15-12-10(11)13(19)17(5)14(20)16(12)4/h8H,6-7H2,1-5H3. The van der Waals surface area contributed by atoms with Gasteiger partial charge in [0.05, 0.1) is 5.69 Å². The first-order valence-electron chi connectivity index (χ1n) is 6.74. The van der Waals surface area contributed by atoms with E-state index >= 15 is 0 Å². The fourth-order valence-electron chi connectivity index (χ4n) is 2.56. The minimum atomic E-state index is -0.357. The van der Waals surface area contributed by atoms with Crippen LogP contribution in [0.2, 0.25) is 0 Å². The van der Waals surface area contributed by atoms with Crippen LogP contribution in [0.25, 0.3) is 11.0 Å². The number of pyridine rings is 1. The molecule has 2 heterocycles. The number of nitrogens with zero attached hydrogens (tertiary/aromatic N) is 4. The predicted molar refractivity (Wildman–Crippen MR) is 80.5 cm³/mol. The van der Waals surface area contributed by atoms with Crippen LogP contribution < -0.4 is 16.1 Å². The lowest BCUT2D eigenvalue weighted by Gasteiger charge is -2.24. The van der Waals surface area contributed by atoms with Crippen LogP contribution in [0.5, 0.6) is 0 Å². The molecule has 0 fully saturated rings. The Balaban J connectivity index is 3.06. The first-order valence-corrected chi connectivity index (χ1v) is 6.74. The zero-order valence-corrected chi connectivity index (χ0v) is 12.6. The second-order valence-electron chi connectivity index (χ2n) is 4.87. The van der Waals surface area contributed by atoms with Crippen LogP contribution >= 0.6 is 0 Å². The highest BCUT2D eigenvalue weighted by Crippen LogP contribution is 2.25. The van der Waals surface area contributed by atoms with Crippen LogP contribution in [0.4, 0.5) is 5.69 Å². The Hall–Kier alpha value is -2.11. The molecule has 0 spiro atoms. The lowest BCUT2D eigenvalue weighted by atomic mass is 10.1. The fourth-order valence-corrected chi connectivity index (χ4v) is 2.56. The fraction of sp³-hybridized carbons (Fsp3) is 0.500. The van der Waals surface area contributed by atoms with Gasteiger partial charge in [-0.2, -0.15) is 0 Å². The lowest BCUT2D eigenvalue weighted by Crippen LogP contribution is -2.38. The number of fused-ring (bicyclic) bond motifs is 1.